The topological polar surface area (TPSA) is 86.9 Å². The van der Waals surface area contributed by atoms with Gasteiger partial charge in [-0.2, -0.15) is 5.10 Å². The standard InChI is InChI=1S/C9H12N4O/c1-3-4-5-6-7(9(11)14)8(10)12-13(6)2/h3-5H,1H2,2H3,(H2,10,12)(H2,11,14)/b5-4-. The SMILES string of the molecule is C=C/C=C\c1c(C(N)=O)c(N)nn1C. The summed E-state index contributed by atoms with van der Waals surface area (Å²) < 4.78 is 1.50. The Hall–Kier alpha value is -2.04. The summed E-state index contributed by atoms with van der Waals surface area (Å²) >= 11 is 0. The maximum Gasteiger partial charge on any atom is 0.254 e. The van der Waals surface area contributed by atoms with Crippen molar-refractivity contribution in [2.24, 2.45) is 12.8 Å². The van der Waals surface area contributed by atoms with Crippen LogP contribution < -0.4 is 11.5 Å². The molecule has 5 nitrogen and oxygen atoms in total. The van der Waals surface area contributed by atoms with Crippen molar-refractivity contribution in [3.63, 3.8) is 0 Å². The zero-order valence-electron chi connectivity index (χ0n) is 7.90. The number of nitrogen functional groups attached to an aromatic ring is 1. The van der Waals surface area contributed by atoms with Gasteiger partial charge in [0.1, 0.15) is 5.56 Å². The number of anilines is 1. The van der Waals surface area contributed by atoms with Crippen LogP contribution in [0.2, 0.25) is 0 Å². The van der Waals surface area contributed by atoms with Crippen molar-refractivity contribution in [1.82, 2.24) is 9.78 Å². The van der Waals surface area contributed by atoms with Crippen molar-refractivity contribution in [3.05, 3.63) is 30.0 Å². The van der Waals surface area contributed by atoms with Gasteiger partial charge in [-0.3, -0.25) is 9.48 Å². The second-order valence-electron chi connectivity index (χ2n) is 2.73. The van der Waals surface area contributed by atoms with Crippen molar-refractivity contribution in [2.45, 2.75) is 0 Å². The molecule has 1 heterocycles. The van der Waals surface area contributed by atoms with Crippen molar-refractivity contribution < 1.29 is 4.79 Å². The lowest BCUT2D eigenvalue weighted by Gasteiger charge is -1.96. The average molecular weight is 192 g/mol. The molecule has 74 valence electrons. The molecule has 0 aliphatic heterocycles. The summed E-state index contributed by atoms with van der Waals surface area (Å²) in [7, 11) is 1.69. The van der Waals surface area contributed by atoms with Crippen LogP contribution >= 0.6 is 0 Å². The van der Waals surface area contributed by atoms with E-state index in [2.05, 4.69) is 11.7 Å². The largest absolute Gasteiger partial charge is 0.382 e. The number of aromatic nitrogens is 2. The third-order valence-electron chi connectivity index (χ3n) is 1.76. The summed E-state index contributed by atoms with van der Waals surface area (Å²) in [6, 6.07) is 0. The fraction of sp³-hybridized carbons (Fsp3) is 0.111. The van der Waals surface area contributed by atoms with Gasteiger partial charge >= 0.3 is 0 Å². The third kappa shape index (κ3) is 1.66. The minimum absolute atomic E-state index is 0.142. The highest BCUT2D eigenvalue weighted by atomic mass is 16.1. The number of allylic oxidation sites excluding steroid dienone is 2. The average Bonchev–Trinajstić information content (AvgIpc) is 2.37. The van der Waals surface area contributed by atoms with E-state index in [0.29, 0.717) is 5.69 Å². The lowest BCUT2D eigenvalue weighted by atomic mass is 10.2. The van der Waals surface area contributed by atoms with Gasteiger partial charge in [0.2, 0.25) is 0 Å². The van der Waals surface area contributed by atoms with E-state index in [1.54, 1.807) is 25.3 Å². The Morgan fingerprint density at radius 3 is 2.79 bits per heavy atom. The molecule has 1 rings (SSSR count). The van der Waals surface area contributed by atoms with Crippen LogP contribution in [0.3, 0.4) is 0 Å². The molecule has 0 spiro atoms. The lowest BCUT2D eigenvalue weighted by molar-refractivity contribution is 0.100. The van der Waals surface area contributed by atoms with E-state index in [1.807, 2.05) is 0 Å². The van der Waals surface area contributed by atoms with Crippen LogP contribution in [0.1, 0.15) is 16.1 Å². The molecule has 14 heavy (non-hydrogen) atoms. The van der Waals surface area contributed by atoms with Crippen LogP contribution in [0.15, 0.2) is 18.7 Å². The number of nitrogens with zero attached hydrogens (tertiary/aromatic N) is 2. The molecule has 0 bridgehead atoms. The highest BCUT2D eigenvalue weighted by Gasteiger charge is 2.16. The molecule has 0 aromatic carbocycles. The van der Waals surface area contributed by atoms with Gasteiger partial charge in [-0.25, -0.2) is 0 Å². The van der Waals surface area contributed by atoms with E-state index in [9.17, 15) is 4.79 Å². The summed E-state index contributed by atoms with van der Waals surface area (Å²) in [5.41, 5.74) is 11.5. The van der Waals surface area contributed by atoms with Gasteiger partial charge in [0.15, 0.2) is 5.82 Å². The Morgan fingerprint density at radius 1 is 1.64 bits per heavy atom. The summed E-state index contributed by atoms with van der Waals surface area (Å²) in [6.07, 6.45) is 4.95. The second-order valence-corrected chi connectivity index (χ2v) is 2.73. The quantitative estimate of drug-likeness (QED) is 0.675. The van der Waals surface area contributed by atoms with Crippen molar-refractivity contribution in [2.75, 3.05) is 5.73 Å². The van der Waals surface area contributed by atoms with E-state index in [4.69, 9.17) is 11.5 Å². The monoisotopic (exact) mass is 192 g/mol. The predicted molar refractivity (Wildman–Crippen MR) is 55.4 cm³/mol. The molecule has 1 aromatic rings. The molecule has 5 heteroatoms. The number of hydrogen-bond acceptors (Lipinski definition) is 3. The van der Waals surface area contributed by atoms with Crippen molar-refractivity contribution in [3.8, 4) is 0 Å². The maximum absolute atomic E-state index is 11.0. The molecule has 1 amide bonds. The van der Waals surface area contributed by atoms with E-state index in [0.717, 1.165) is 0 Å². The Bertz CT molecular complexity index is 403. The second kappa shape index (κ2) is 3.78. The van der Waals surface area contributed by atoms with E-state index in [1.165, 1.54) is 4.68 Å². The predicted octanol–water partition coefficient (Wildman–Crippen LogP) is 0.300. The number of primary amides is 1. The highest BCUT2D eigenvalue weighted by molar-refractivity contribution is 6.00. The molecule has 4 N–H and O–H groups in total. The molecule has 0 unspecified atom stereocenters. The van der Waals surface area contributed by atoms with Crippen LogP contribution in [-0.4, -0.2) is 15.7 Å². The highest BCUT2D eigenvalue weighted by Crippen LogP contribution is 2.16. The van der Waals surface area contributed by atoms with Crippen molar-refractivity contribution >= 4 is 17.8 Å². The van der Waals surface area contributed by atoms with Crippen LogP contribution in [-0.2, 0) is 7.05 Å². The van der Waals surface area contributed by atoms with E-state index < -0.39 is 5.91 Å². The fourth-order valence-electron chi connectivity index (χ4n) is 1.16. The maximum atomic E-state index is 11.0. The molecule has 0 saturated carbocycles. The number of aryl methyl sites for hydroxylation is 1. The number of hydrogen-bond donors (Lipinski definition) is 2. The van der Waals surface area contributed by atoms with Gasteiger partial charge in [-0.05, 0) is 6.08 Å². The molecule has 0 aliphatic rings. The number of carbonyl (C=O) groups is 1. The number of nitrogens with two attached hydrogens (primary N) is 2. The van der Waals surface area contributed by atoms with Crippen LogP contribution in [0, 0.1) is 0 Å². The van der Waals surface area contributed by atoms with E-state index in [-0.39, 0.29) is 11.4 Å². The first kappa shape index (κ1) is 10.0. The minimum Gasteiger partial charge on any atom is -0.382 e. The van der Waals surface area contributed by atoms with Gasteiger partial charge in [0.25, 0.3) is 5.91 Å². The molecule has 1 aromatic heterocycles. The Labute approximate surface area is 81.7 Å². The minimum atomic E-state index is -0.584. The summed E-state index contributed by atoms with van der Waals surface area (Å²) in [5, 5.41) is 3.89. The normalized spacial score (nSPS) is 10.6. The summed E-state index contributed by atoms with van der Waals surface area (Å²) in [6.45, 7) is 3.52. The Balaban J connectivity index is 3.31. The summed E-state index contributed by atoms with van der Waals surface area (Å²) in [5.74, 6) is -0.442. The number of carbonyl (C=O) groups excluding carboxylic acids is 1. The number of amides is 1. The zero-order chi connectivity index (χ0) is 10.7. The zero-order valence-corrected chi connectivity index (χ0v) is 7.90. The molecule has 0 saturated heterocycles. The number of rotatable bonds is 3. The third-order valence-corrected chi connectivity index (χ3v) is 1.76. The molecule has 0 aliphatic carbocycles. The molecule has 0 radical (unpaired) electrons. The molecule has 0 fully saturated rings. The van der Waals surface area contributed by atoms with Gasteiger partial charge in [-0.1, -0.05) is 18.7 Å². The smallest absolute Gasteiger partial charge is 0.254 e. The Kier molecular flexibility index (Phi) is 2.71. The lowest BCUT2D eigenvalue weighted by Crippen LogP contribution is -2.13. The molecular formula is C9H12N4O. The van der Waals surface area contributed by atoms with Crippen LogP contribution in [0.25, 0.3) is 6.08 Å². The summed E-state index contributed by atoms with van der Waals surface area (Å²) in [4.78, 5) is 11.0. The van der Waals surface area contributed by atoms with Gasteiger partial charge in [-0.15, -0.1) is 0 Å². The van der Waals surface area contributed by atoms with Crippen LogP contribution in [0.4, 0.5) is 5.82 Å². The first-order valence-electron chi connectivity index (χ1n) is 3.99. The first-order valence-corrected chi connectivity index (χ1v) is 3.99. The first-order chi connectivity index (χ1) is 6.57. The van der Waals surface area contributed by atoms with Gasteiger partial charge < -0.3 is 11.5 Å². The van der Waals surface area contributed by atoms with E-state index >= 15 is 0 Å². The van der Waals surface area contributed by atoms with Gasteiger partial charge in [0, 0.05) is 7.05 Å². The van der Waals surface area contributed by atoms with Crippen molar-refractivity contribution in [1.29, 1.82) is 0 Å². The fourth-order valence-corrected chi connectivity index (χ4v) is 1.16. The molecular weight excluding hydrogens is 180 g/mol. The van der Waals surface area contributed by atoms with Crippen LogP contribution in [0.5, 0.6) is 0 Å². The van der Waals surface area contributed by atoms with Gasteiger partial charge in [0.05, 0.1) is 5.69 Å². The molecule has 0 atom stereocenters. The Morgan fingerprint density at radius 2 is 2.29 bits per heavy atom.